The standard InChI is InChI=1S/C12H5F21O2/c1-2(34,35)3(13,14)4(15,16)5(17,18)6(19,20)7(21,22)8(23,24)9(25,26)10(27,28)11(29,30)12(31,32)33/h34-35H,1H3. The van der Waals surface area contributed by atoms with Gasteiger partial charge in [0, 0.05) is 0 Å². The van der Waals surface area contributed by atoms with Gasteiger partial charge in [-0.25, -0.2) is 0 Å². The molecule has 0 aromatic rings. The van der Waals surface area contributed by atoms with E-state index in [9.17, 15) is 92.2 Å². The van der Waals surface area contributed by atoms with Gasteiger partial charge in [-0.2, -0.15) is 92.2 Å². The van der Waals surface area contributed by atoms with Crippen LogP contribution in [-0.4, -0.2) is 75.5 Å². The van der Waals surface area contributed by atoms with E-state index in [0.29, 0.717) is 0 Å². The summed E-state index contributed by atoms with van der Waals surface area (Å²) in [6, 6.07) is 0. The predicted molar refractivity (Wildman–Crippen MR) is 63.4 cm³/mol. The Morgan fingerprint density at radius 2 is 0.429 bits per heavy atom. The van der Waals surface area contributed by atoms with Gasteiger partial charge in [0.25, 0.3) is 0 Å². The molecule has 0 radical (unpaired) electrons. The van der Waals surface area contributed by atoms with Gasteiger partial charge < -0.3 is 10.2 Å². The van der Waals surface area contributed by atoms with Crippen LogP contribution < -0.4 is 0 Å². The van der Waals surface area contributed by atoms with Gasteiger partial charge in [0.2, 0.25) is 5.79 Å². The van der Waals surface area contributed by atoms with Crippen molar-refractivity contribution in [3.63, 3.8) is 0 Å². The quantitative estimate of drug-likeness (QED) is 0.261. The fourth-order valence-electron chi connectivity index (χ4n) is 1.86. The van der Waals surface area contributed by atoms with Crippen LogP contribution in [-0.2, 0) is 0 Å². The van der Waals surface area contributed by atoms with Gasteiger partial charge in [0.1, 0.15) is 0 Å². The van der Waals surface area contributed by atoms with Crippen molar-refractivity contribution in [3.8, 4) is 0 Å². The lowest BCUT2D eigenvalue weighted by Crippen LogP contribution is -2.77. The largest absolute Gasteiger partial charge is 0.460 e. The highest BCUT2D eigenvalue weighted by molar-refractivity contribution is 5.18. The molecule has 0 aromatic heterocycles. The van der Waals surface area contributed by atoms with Crippen LogP contribution in [0.2, 0.25) is 0 Å². The Hall–Kier alpha value is -1.55. The highest BCUT2D eigenvalue weighted by Crippen LogP contribution is 2.66. The fraction of sp³-hybridized carbons (Fsp3) is 1.00. The summed E-state index contributed by atoms with van der Waals surface area (Å²) in [4.78, 5) is 0. The van der Waals surface area contributed by atoms with Gasteiger partial charge >= 0.3 is 59.5 Å². The molecule has 0 aliphatic carbocycles. The molecule has 0 saturated heterocycles. The first-order valence-corrected chi connectivity index (χ1v) is 7.42. The number of aliphatic hydroxyl groups is 2. The zero-order chi connectivity index (χ0) is 29.5. The molecule has 35 heavy (non-hydrogen) atoms. The molecule has 212 valence electrons. The first-order valence-electron chi connectivity index (χ1n) is 7.42. The molecule has 2 nitrogen and oxygen atoms in total. The van der Waals surface area contributed by atoms with E-state index in [2.05, 4.69) is 0 Å². The van der Waals surface area contributed by atoms with E-state index < -0.39 is 72.2 Å². The lowest BCUT2D eigenvalue weighted by molar-refractivity contribution is -0.481. The third-order valence-corrected chi connectivity index (χ3v) is 4.11. The minimum Gasteiger partial charge on any atom is -0.361 e. The number of halogens is 21. The molecule has 0 aromatic carbocycles. The summed E-state index contributed by atoms with van der Waals surface area (Å²) in [5.41, 5.74) is 0. The van der Waals surface area contributed by atoms with Gasteiger partial charge in [0.15, 0.2) is 0 Å². The average molecular weight is 580 g/mol. The summed E-state index contributed by atoms with van der Waals surface area (Å²) in [5, 5.41) is 16.6. The van der Waals surface area contributed by atoms with E-state index in [1.807, 2.05) is 0 Å². The van der Waals surface area contributed by atoms with E-state index in [4.69, 9.17) is 10.2 Å². The third kappa shape index (κ3) is 3.85. The monoisotopic (exact) mass is 580 g/mol. The molecule has 0 unspecified atom stereocenters. The number of hydrogen-bond donors (Lipinski definition) is 2. The van der Waals surface area contributed by atoms with Crippen LogP contribution in [0, 0.1) is 0 Å². The molecule has 0 rings (SSSR count). The van der Waals surface area contributed by atoms with E-state index in [-0.39, 0.29) is 0 Å². The third-order valence-electron chi connectivity index (χ3n) is 4.11. The fourth-order valence-corrected chi connectivity index (χ4v) is 1.86. The SMILES string of the molecule is CC(O)(O)C(F)(F)C(F)(F)C(F)(F)C(F)(F)C(F)(F)C(F)(F)C(F)(F)C(F)(F)C(F)(F)C(F)(F)F. The van der Waals surface area contributed by atoms with Crippen molar-refractivity contribution in [2.45, 2.75) is 72.2 Å². The Kier molecular flexibility index (Phi) is 7.38. The highest BCUT2D eigenvalue weighted by Gasteiger charge is 2.98. The molecule has 2 N–H and O–H groups in total. The van der Waals surface area contributed by atoms with Gasteiger partial charge in [0.05, 0.1) is 0 Å². The van der Waals surface area contributed by atoms with Crippen LogP contribution in [0.1, 0.15) is 6.92 Å². The van der Waals surface area contributed by atoms with E-state index in [1.165, 1.54) is 0 Å². The predicted octanol–water partition coefficient (Wildman–Crippen LogP) is 5.97. The maximum absolute atomic E-state index is 13.4. The number of alkyl halides is 21. The summed E-state index contributed by atoms with van der Waals surface area (Å²) in [6.07, 6.45) is -8.04. The second kappa shape index (κ2) is 7.73. The Bertz CT molecular complexity index is 721. The minimum absolute atomic E-state index is 1.02. The summed E-state index contributed by atoms with van der Waals surface area (Å²) in [6.45, 7) is -1.02. The normalized spacial score (nSPS) is 17.1. The van der Waals surface area contributed by atoms with Crippen LogP contribution in [0.3, 0.4) is 0 Å². The zero-order valence-electron chi connectivity index (χ0n) is 15.3. The lowest BCUT2D eigenvalue weighted by Gasteiger charge is -2.45. The molecule has 0 heterocycles. The Labute approximate surface area is 176 Å². The maximum atomic E-state index is 13.4. The zero-order valence-corrected chi connectivity index (χ0v) is 15.3. The molecule has 0 atom stereocenters. The van der Waals surface area contributed by atoms with Crippen LogP contribution in [0.15, 0.2) is 0 Å². The molecule has 0 spiro atoms. The van der Waals surface area contributed by atoms with Crippen LogP contribution in [0.5, 0.6) is 0 Å². The van der Waals surface area contributed by atoms with Gasteiger partial charge in [-0.1, -0.05) is 0 Å². The highest BCUT2D eigenvalue weighted by atomic mass is 19.4. The van der Waals surface area contributed by atoms with E-state index >= 15 is 0 Å². The second-order valence-corrected chi connectivity index (χ2v) is 6.69. The lowest BCUT2D eigenvalue weighted by atomic mass is 9.85. The Morgan fingerprint density at radius 1 is 0.286 bits per heavy atom. The Morgan fingerprint density at radius 3 is 0.571 bits per heavy atom. The summed E-state index contributed by atoms with van der Waals surface area (Å²) < 4.78 is 273. The summed E-state index contributed by atoms with van der Waals surface area (Å²) >= 11 is 0. The van der Waals surface area contributed by atoms with Gasteiger partial charge in [-0.15, -0.1) is 0 Å². The smallest absolute Gasteiger partial charge is 0.361 e. The van der Waals surface area contributed by atoms with Crippen LogP contribution in [0.25, 0.3) is 0 Å². The molecular formula is C12H5F21O2. The van der Waals surface area contributed by atoms with Gasteiger partial charge in [-0.3, -0.25) is 0 Å². The summed E-state index contributed by atoms with van der Waals surface area (Å²) in [5.74, 6) is -84.6. The van der Waals surface area contributed by atoms with Crippen LogP contribution >= 0.6 is 0 Å². The van der Waals surface area contributed by atoms with Crippen molar-refractivity contribution in [2.75, 3.05) is 0 Å². The number of hydrogen-bond acceptors (Lipinski definition) is 2. The van der Waals surface area contributed by atoms with Crippen molar-refractivity contribution in [3.05, 3.63) is 0 Å². The number of rotatable bonds is 9. The van der Waals surface area contributed by atoms with Crippen molar-refractivity contribution >= 4 is 0 Å². The van der Waals surface area contributed by atoms with Crippen LogP contribution in [0.4, 0.5) is 92.2 Å². The van der Waals surface area contributed by atoms with E-state index in [0.717, 1.165) is 0 Å². The molecular weight excluding hydrogens is 575 g/mol. The molecule has 23 heteroatoms. The summed E-state index contributed by atoms with van der Waals surface area (Å²) in [7, 11) is 0. The first-order chi connectivity index (χ1) is 14.5. The van der Waals surface area contributed by atoms with Crippen molar-refractivity contribution in [1.29, 1.82) is 0 Å². The van der Waals surface area contributed by atoms with E-state index in [1.54, 1.807) is 0 Å². The molecule has 0 fully saturated rings. The molecule has 0 amide bonds. The van der Waals surface area contributed by atoms with Crippen molar-refractivity contribution < 1.29 is 102 Å². The molecule has 0 bridgehead atoms. The second-order valence-electron chi connectivity index (χ2n) is 6.69. The minimum atomic E-state index is -9.27. The van der Waals surface area contributed by atoms with Gasteiger partial charge in [-0.05, 0) is 6.92 Å². The molecule has 0 saturated carbocycles. The Balaban J connectivity index is 7.15. The van der Waals surface area contributed by atoms with Crippen molar-refractivity contribution in [1.82, 2.24) is 0 Å². The molecule has 0 aliphatic rings. The first kappa shape index (κ1) is 33.4. The molecule has 0 aliphatic heterocycles. The van der Waals surface area contributed by atoms with Crippen molar-refractivity contribution in [2.24, 2.45) is 0 Å². The average Bonchev–Trinajstić information content (AvgIpc) is 2.58. The maximum Gasteiger partial charge on any atom is 0.460 e. The topological polar surface area (TPSA) is 40.5 Å².